The van der Waals surface area contributed by atoms with Crippen LogP contribution in [0, 0.1) is 0 Å². The maximum atomic E-state index is 13.4. The monoisotopic (exact) mass is 483 g/mol. The molecule has 0 fully saturated rings. The number of nitrogens with one attached hydrogen (secondary N) is 1. The zero-order valence-electron chi connectivity index (χ0n) is 18.3. The Morgan fingerprint density at radius 2 is 2.00 bits per heavy atom. The molecule has 2 aromatic heterocycles. The van der Waals surface area contributed by atoms with Gasteiger partial charge in [0.2, 0.25) is 5.91 Å². The smallest absolute Gasteiger partial charge is 0.263 e. The lowest BCUT2D eigenvalue weighted by molar-refractivity contribution is -0.118. The third kappa shape index (κ3) is 4.58. The number of fused-ring (bicyclic) bond motifs is 1. The quantitative estimate of drug-likeness (QED) is 0.381. The highest BCUT2D eigenvalue weighted by Crippen LogP contribution is 2.32. The Bertz CT molecular complexity index is 1360. The molecule has 1 unspecified atom stereocenters. The van der Waals surface area contributed by atoms with E-state index >= 15 is 0 Å². The first kappa shape index (κ1) is 22.8. The second kappa shape index (κ2) is 9.64. The third-order valence-electron chi connectivity index (χ3n) is 5.21. The summed E-state index contributed by atoms with van der Waals surface area (Å²) in [6.45, 7) is 4.15. The number of aromatic nitrogens is 2. The van der Waals surface area contributed by atoms with Crippen LogP contribution in [0.3, 0.4) is 0 Å². The van der Waals surface area contributed by atoms with Gasteiger partial charge < -0.3 is 14.8 Å². The summed E-state index contributed by atoms with van der Waals surface area (Å²) in [5.41, 5.74) is 1.79. The lowest BCUT2D eigenvalue weighted by Gasteiger charge is -2.16. The fourth-order valence-corrected chi connectivity index (χ4v) is 4.55. The van der Waals surface area contributed by atoms with Gasteiger partial charge in [0, 0.05) is 16.0 Å². The molecule has 4 aromatic rings. The average Bonchev–Trinajstić information content (AvgIpc) is 3.25. The highest BCUT2D eigenvalue weighted by atomic mass is 35.5. The van der Waals surface area contributed by atoms with E-state index in [0.29, 0.717) is 33.3 Å². The van der Waals surface area contributed by atoms with Crippen LogP contribution in [-0.2, 0) is 4.79 Å². The van der Waals surface area contributed by atoms with Crippen LogP contribution in [0.1, 0.15) is 19.9 Å². The molecule has 0 aliphatic rings. The number of carbonyl (C=O) groups excluding carboxylic acids is 1. The minimum Gasteiger partial charge on any atom is -0.495 e. The maximum absolute atomic E-state index is 13.4. The molecule has 4 rings (SSSR count). The lowest BCUT2D eigenvalue weighted by Crippen LogP contribution is -2.31. The van der Waals surface area contributed by atoms with Crippen molar-refractivity contribution in [1.82, 2.24) is 9.55 Å². The summed E-state index contributed by atoms with van der Waals surface area (Å²) in [5, 5.41) is 5.62. The maximum Gasteiger partial charge on any atom is 0.263 e. The van der Waals surface area contributed by atoms with Crippen molar-refractivity contribution >= 4 is 44.7 Å². The van der Waals surface area contributed by atoms with E-state index in [0.717, 1.165) is 16.9 Å². The number of methoxy groups -OCH3 is 1. The molecule has 1 atom stereocenters. The fourth-order valence-electron chi connectivity index (χ4n) is 3.47. The Hall–Kier alpha value is -3.36. The number of benzene rings is 2. The molecule has 0 aliphatic carbocycles. The van der Waals surface area contributed by atoms with Crippen molar-refractivity contribution in [3.63, 3.8) is 0 Å². The molecule has 7 nitrogen and oxygen atoms in total. The summed E-state index contributed by atoms with van der Waals surface area (Å²) >= 11 is 7.44. The van der Waals surface area contributed by atoms with E-state index in [1.165, 1.54) is 29.3 Å². The van der Waals surface area contributed by atoms with Gasteiger partial charge in [-0.1, -0.05) is 23.7 Å². The summed E-state index contributed by atoms with van der Waals surface area (Å²) in [4.78, 5) is 31.4. The van der Waals surface area contributed by atoms with E-state index < -0.39 is 11.9 Å². The molecule has 0 aliphatic heterocycles. The molecular formula is C24H22ClN3O4S. The number of amides is 1. The number of ether oxygens (including phenoxy) is 2. The van der Waals surface area contributed by atoms with Crippen molar-refractivity contribution in [2.75, 3.05) is 19.0 Å². The molecule has 33 heavy (non-hydrogen) atoms. The molecule has 2 heterocycles. The molecule has 0 bridgehead atoms. The van der Waals surface area contributed by atoms with Crippen LogP contribution < -0.4 is 20.3 Å². The second-order valence-corrected chi connectivity index (χ2v) is 8.55. The van der Waals surface area contributed by atoms with Gasteiger partial charge in [0.05, 0.1) is 31.1 Å². The molecule has 9 heteroatoms. The number of thiophene rings is 1. The molecule has 0 radical (unpaired) electrons. The van der Waals surface area contributed by atoms with Gasteiger partial charge in [0.1, 0.15) is 22.4 Å². The standard InChI is InChI=1S/C24H22ClN3O4S/c1-4-32-17-8-5-15(6-9-17)18-12-33-23-21(18)24(30)28(13-26-23)14(2)22(29)27-19-11-16(25)7-10-20(19)31-3/h5-14H,4H2,1-3H3,(H,27,29). The Labute approximate surface area is 199 Å². The first-order valence-corrected chi connectivity index (χ1v) is 11.5. The molecule has 2 aromatic carbocycles. The van der Waals surface area contributed by atoms with Crippen LogP contribution in [0.25, 0.3) is 21.3 Å². The SMILES string of the molecule is CCOc1ccc(-c2csc3ncn(C(C)C(=O)Nc4cc(Cl)ccc4OC)c(=O)c23)cc1. The average molecular weight is 484 g/mol. The Morgan fingerprint density at radius 3 is 2.70 bits per heavy atom. The number of carbonyl (C=O) groups is 1. The number of nitrogens with zero attached hydrogens (tertiary/aromatic N) is 2. The Balaban J connectivity index is 1.68. The summed E-state index contributed by atoms with van der Waals surface area (Å²) < 4.78 is 12.1. The third-order valence-corrected chi connectivity index (χ3v) is 6.33. The van der Waals surface area contributed by atoms with Crippen LogP contribution in [-0.4, -0.2) is 29.2 Å². The Morgan fingerprint density at radius 1 is 1.24 bits per heavy atom. The summed E-state index contributed by atoms with van der Waals surface area (Å²) in [6.07, 6.45) is 1.41. The normalized spacial score (nSPS) is 11.9. The molecule has 170 valence electrons. The zero-order valence-corrected chi connectivity index (χ0v) is 19.9. The summed E-state index contributed by atoms with van der Waals surface area (Å²) in [5.74, 6) is 0.839. The van der Waals surface area contributed by atoms with Crippen molar-refractivity contribution < 1.29 is 14.3 Å². The van der Waals surface area contributed by atoms with Gasteiger partial charge in [-0.2, -0.15) is 0 Å². The number of anilines is 1. The van der Waals surface area contributed by atoms with Crippen LogP contribution in [0.4, 0.5) is 5.69 Å². The first-order chi connectivity index (χ1) is 15.9. The fraction of sp³-hybridized carbons (Fsp3) is 0.208. The molecule has 0 saturated heterocycles. The van der Waals surface area contributed by atoms with Crippen LogP contribution in [0.5, 0.6) is 11.5 Å². The van der Waals surface area contributed by atoms with Crippen molar-refractivity contribution in [1.29, 1.82) is 0 Å². The van der Waals surface area contributed by atoms with E-state index in [1.807, 2.05) is 36.6 Å². The number of halogens is 1. The van der Waals surface area contributed by atoms with Gasteiger partial charge in [-0.15, -0.1) is 11.3 Å². The van der Waals surface area contributed by atoms with Crippen molar-refractivity contribution in [3.8, 4) is 22.6 Å². The molecular weight excluding hydrogens is 462 g/mol. The van der Waals surface area contributed by atoms with Gasteiger partial charge >= 0.3 is 0 Å². The van der Waals surface area contributed by atoms with E-state index in [9.17, 15) is 9.59 Å². The minimum absolute atomic E-state index is 0.286. The van der Waals surface area contributed by atoms with Crippen LogP contribution >= 0.6 is 22.9 Å². The van der Waals surface area contributed by atoms with Gasteiger partial charge in [-0.05, 0) is 49.7 Å². The lowest BCUT2D eigenvalue weighted by atomic mass is 10.1. The van der Waals surface area contributed by atoms with Crippen molar-refractivity contribution in [2.45, 2.75) is 19.9 Å². The van der Waals surface area contributed by atoms with E-state index in [2.05, 4.69) is 10.3 Å². The predicted octanol–water partition coefficient (Wildman–Crippen LogP) is 5.39. The molecule has 1 amide bonds. The van der Waals surface area contributed by atoms with Crippen LogP contribution in [0.15, 0.2) is 59.0 Å². The van der Waals surface area contributed by atoms with E-state index in [1.54, 1.807) is 25.1 Å². The molecule has 1 N–H and O–H groups in total. The minimum atomic E-state index is -0.814. The highest BCUT2D eigenvalue weighted by Gasteiger charge is 2.21. The van der Waals surface area contributed by atoms with E-state index in [-0.39, 0.29) is 5.56 Å². The van der Waals surface area contributed by atoms with E-state index in [4.69, 9.17) is 21.1 Å². The summed E-state index contributed by atoms with van der Waals surface area (Å²) in [7, 11) is 1.50. The first-order valence-electron chi connectivity index (χ1n) is 10.3. The second-order valence-electron chi connectivity index (χ2n) is 7.25. The molecule has 0 spiro atoms. The Kier molecular flexibility index (Phi) is 6.67. The highest BCUT2D eigenvalue weighted by molar-refractivity contribution is 7.17. The predicted molar refractivity (Wildman–Crippen MR) is 132 cm³/mol. The van der Waals surface area contributed by atoms with Crippen molar-refractivity contribution in [2.24, 2.45) is 0 Å². The van der Waals surface area contributed by atoms with Crippen LogP contribution in [0.2, 0.25) is 5.02 Å². The van der Waals surface area contributed by atoms with Crippen molar-refractivity contribution in [3.05, 3.63) is 69.5 Å². The van der Waals surface area contributed by atoms with Gasteiger partial charge in [0.25, 0.3) is 5.56 Å². The topological polar surface area (TPSA) is 82.5 Å². The van der Waals surface area contributed by atoms with Gasteiger partial charge in [0.15, 0.2) is 0 Å². The zero-order chi connectivity index (χ0) is 23.5. The summed E-state index contributed by atoms with van der Waals surface area (Å²) in [6, 6.07) is 11.7. The van der Waals surface area contributed by atoms with Gasteiger partial charge in [-0.3, -0.25) is 14.2 Å². The largest absolute Gasteiger partial charge is 0.495 e. The number of hydrogen-bond acceptors (Lipinski definition) is 6. The van der Waals surface area contributed by atoms with Gasteiger partial charge in [-0.25, -0.2) is 4.98 Å². The number of hydrogen-bond donors (Lipinski definition) is 1. The molecule has 0 saturated carbocycles. The number of rotatable bonds is 7.